The molecule has 0 unspecified atom stereocenters. The van der Waals surface area contributed by atoms with Crippen LogP contribution in [-0.2, 0) is 14.3 Å². The summed E-state index contributed by atoms with van der Waals surface area (Å²) >= 11 is 21.1. The molecule has 0 spiro atoms. The molecule has 7 heteroatoms. The number of allylic oxidation sites excluding steroid dienone is 1. The minimum Gasteiger partial charge on any atom is -0.462 e. The SMILES string of the molecule is CCOC(=O)C(Cl)=CC(=O)C(Cl)(Cl)Cl. The molecule has 0 radical (unpaired) electrons. The Labute approximate surface area is 101 Å². The highest BCUT2D eigenvalue weighted by molar-refractivity contribution is 6.77. The Morgan fingerprint density at radius 1 is 1.36 bits per heavy atom. The van der Waals surface area contributed by atoms with Gasteiger partial charge in [-0.3, -0.25) is 4.79 Å². The summed E-state index contributed by atoms with van der Waals surface area (Å²) in [5.74, 6) is -1.74. The lowest BCUT2D eigenvalue weighted by atomic mass is 10.4. The maximum Gasteiger partial charge on any atom is 0.349 e. The number of hydrogen-bond donors (Lipinski definition) is 0. The Morgan fingerprint density at radius 3 is 2.21 bits per heavy atom. The van der Waals surface area contributed by atoms with Gasteiger partial charge in [0, 0.05) is 6.08 Å². The highest BCUT2D eigenvalue weighted by atomic mass is 35.6. The van der Waals surface area contributed by atoms with Gasteiger partial charge in [-0.05, 0) is 6.92 Å². The van der Waals surface area contributed by atoms with E-state index in [0.29, 0.717) is 6.08 Å². The van der Waals surface area contributed by atoms with Crippen molar-refractivity contribution in [3.05, 3.63) is 11.1 Å². The van der Waals surface area contributed by atoms with E-state index in [9.17, 15) is 9.59 Å². The average molecular weight is 280 g/mol. The van der Waals surface area contributed by atoms with Gasteiger partial charge in [0.05, 0.1) is 6.61 Å². The van der Waals surface area contributed by atoms with Crippen molar-refractivity contribution >= 4 is 58.2 Å². The van der Waals surface area contributed by atoms with Crippen molar-refractivity contribution in [1.82, 2.24) is 0 Å². The van der Waals surface area contributed by atoms with Crippen LogP contribution >= 0.6 is 46.4 Å². The molecule has 0 fully saturated rings. The van der Waals surface area contributed by atoms with Crippen LogP contribution in [-0.4, -0.2) is 22.2 Å². The van der Waals surface area contributed by atoms with E-state index in [0.717, 1.165) is 0 Å². The fourth-order valence-electron chi connectivity index (χ4n) is 0.456. The molecule has 0 aromatic rings. The monoisotopic (exact) mass is 278 g/mol. The van der Waals surface area contributed by atoms with Gasteiger partial charge in [0.1, 0.15) is 5.03 Å². The molecule has 0 aliphatic carbocycles. The van der Waals surface area contributed by atoms with E-state index in [1.807, 2.05) is 0 Å². The van der Waals surface area contributed by atoms with Gasteiger partial charge in [-0.25, -0.2) is 4.79 Å². The van der Waals surface area contributed by atoms with Crippen molar-refractivity contribution in [2.45, 2.75) is 10.7 Å². The van der Waals surface area contributed by atoms with Crippen molar-refractivity contribution in [3.8, 4) is 0 Å². The summed E-state index contributed by atoms with van der Waals surface area (Å²) in [6.45, 7) is 1.74. The van der Waals surface area contributed by atoms with Crippen LogP contribution in [0.5, 0.6) is 0 Å². The van der Waals surface area contributed by atoms with Crippen LogP contribution in [0.2, 0.25) is 0 Å². The molecule has 0 heterocycles. The zero-order chi connectivity index (χ0) is 11.4. The molecule has 0 atom stereocenters. The number of carbonyl (C=O) groups excluding carboxylic acids is 2. The maximum atomic E-state index is 11.0. The van der Waals surface area contributed by atoms with Crippen LogP contribution in [0.3, 0.4) is 0 Å². The zero-order valence-electron chi connectivity index (χ0n) is 7.02. The third kappa shape index (κ3) is 5.05. The van der Waals surface area contributed by atoms with Gasteiger partial charge in [-0.15, -0.1) is 0 Å². The molecule has 14 heavy (non-hydrogen) atoms. The minimum absolute atomic E-state index is 0.144. The van der Waals surface area contributed by atoms with Gasteiger partial charge in [0.2, 0.25) is 5.78 Å². The summed E-state index contributed by atoms with van der Waals surface area (Å²) in [5, 5.41) is -0.428. The average Bonchev–Trinajstić information content (AvgIpc) is 2.02. The van der Waals surface area contributed by atoms with Crippen LogP contribution < -0.4 is 0 Å². The Morgan fingerprint density at radius 2 is 1.86 bits per heavy atom. The minimum atomic E-state index is -2.12. The van der Waals surface area contributed by atoms with Gasteiger partial charge >= 0.3 is 5.97 Å². The Balaban J connectivity index is 4.53. The van der Waals surface area contributed by atoms with Gasteiger partial charge < -0.3 is 4.74 Å². The predicted octanol–water partition coefficient (Wildman–Crippen LogP) is 2.61. The molecule has 0 N–H and O–H groups in total. The van der Waals surface area contributed by atoms with E-state index in [-0.39, 0.29) is 6.61 Å². The summed E-state index contributed by atoms with van der Waals surface area (Å²) in [5.41, 5.74) is 0. The Kier molecular flexibility index (Phi) is 5.83. The van der Waals surface area contributed by atoms with Crippen molar-refractivity contribution in [3.63, 3.8) is 0 Å². The lowest BCUT2D eigenvalue weighted by Gasteiger charge is -2.05. The fraction of sp³-hybridized carbons (Fsp3) is 0.429. The van der Waals surface area contributed by atoms with Crippen LogP contribution in [0, 0.1) is 0 Å². The summed E-state index contributed by atoms with van der Waals surface area (Å²) in [7, 11) is 0. The molecule has 3 nitrogen and oxygen atoms in total. The molecule has 0 rings (SSSR count). The molecule has 0 amide bonds. The molecular formula is C7H6Cl4O3. The summed E-state index contributed by atoms with van der Waals surface area (Å²) < 4.78 is 2.38. The largest absolute Gasteiger partial charge is 0.462 e. The molecule has 0 saturated heterocycles. The van der Waals surface area contributed by atoms with Gasteiger partial charge in [0.15, 0.2) is 0 Å². The first kappa shape index (κ1) is 14.0. The van der Waals surface area contributed by atoms with Crippen molar-refractivity contribution in [2.24, 2.45) is 0 Å². The van der Waals surface area contributed by atoms with Crippen LogP contribution in [0.25, 0.3) is 0 Å². The third-order valence-electron chi connectivity index (χ3n) is 1.01. The first-order valence-corrected chi connectivity index (χ1v) is 4.95. The molecule has 0 aliphatic rings. The number of ketones is 1. The van der Waals surface area contributed by atoms with E-state index >= 15 is 0 Å². The van der Waals surface area contributed by atoms with E-state index in [1.54, 1.807) is 6.92 Å². The Hall–Kier alpha value is 0.0400. The van der Waals surface area contributed by atoms with Crippen LogP contribution in [0.1, 0.15) is 6.92 Å². The Bertz CT molecular complexity index is 267. The standard InChI is InChI=1S/C7H6Cl4O3/c1-2-14-6(13)4(8)3-5(12)7(9,10)11/h3H,2H2,1H3. The van der Waals surface area contributed by atoms with Crippen LogP contribution in [0.15, 0.2) is 11.1 Å². The first-order valence-electron chi connectivity index (χ1n) is 3.44. The molecule has 0 bridgehead atoms. The second-order valence-corrected chi connectivity index (χ2v) is 4.76. The number of rotatable bonds is 3. The van der Waals surface area contributed by atoms with E-state index in [4.69, 9.17) is 46.4 Å². The predicted molar refractivity (Wildman–Crippen MR) is 55.9 cm³/mol. The highest BCUT2D eigenvalue weighted by Crippen LogP contribution is 2.28. The summed E-state index contributed by atoms with van der Waals surface area (Å²) in [4.78, 5) is 21.9. The first-order chi connectivity index (χ1) is 6.29. The topological polar surface area (TPSA) is 43.4 Å². The van der Waals surface area contributed by atoms with Crippen molar-refractivity contribution < 1.29 is 14.3 Å². The quantitative estimate of drug-likeness (QED) is 0.453. The van der Waals surface area contributed by atoms with Gasteiger partial charge in [0.25, 0.3) is 3.79 Å². The molecule has 0 aliphatic heterocycles. The lowest BCUT2D eigenvalue weighted by Crippen LogP contribution is -2.17. The summed E-state index contributed by atoms with van der Waals surface area (Å²) in [6.07, 6.45) is 0.715. The second kappa shape index (κ2) is 5.81. The van der Waals surface area contributed by atoms with Crippen LogP contribution in [0.4, 0.5) is 0 Å². The van der Waals surface area contributed by atoms with E-state index in [1.165, 1.54) is 0 Å². The summed E-state index contributed by atoms with van der Waals surface area (Å²) in [6, 6.07) is 0. The smallest absolute Gasteiger partial charge is 0.349 e. The molecule has 0 saturated carbocycles. The zero-order valence-corrected chi connectivity index (χ0v) is 10.0. The molecule has 0 aromatic carbocycles. The number of hydrogen-bond acceptors (Lipinski definition) is 3. The number of esters is 1. The number of ether oxygens (including phenoxy) is 1. The van der Waals surface area contributed by atoms with Gasteiger partial charge in [-0.1, -0.05) is 46.4 Å². The van der Waals surface area contributed by atoms with E-state index in [2.05, 4.69) is 4.74 Å². The molecule has 80 valence electrons. The fourth-order valence-corrected chi connectivity index (χ4v) is 0.773. The number of alkyl halides is 3. The second-order valence-electron chi connectivity index (χ2n) is 2.07. The highest BCUT2D eigenvalue weighted by Gasteiger charge is 2.29. The maximum absolute atomic E-state index is 11.0. The van der Waals surface area contributed by atoms with Crippen molar-refractivity contribution in [2.75, 3.05) is 6.61 Å². The molecular weight excluding hydrogens is 274 g/mol. The lowest BCUT2D eigenvalue weighted by molar-refractivity contribution is -0.137. The number of carbonyl (C=O) groups is 2. The van der Waals surface area contributed by atoms with Crippen molar-refractivity contribution in [1.29, 1.82) is 0 Å². The third-order valence-corrected chi connectivity index (χ3v) is 1.83. The molecule has 0 aromatic heterocycles. The van der Waals surface area contributed by atoms with Gasteiger partial charge in [-0.2, -0.15) is 0 Å². The van der Waals surface area contributed by atoms with E-state index < -0.39 is 20.6 Å². The number of halogens is 4. The normalized spacial score (nSPS) is 12.5.